The smallest absolute Gasteiger partial charge is 0.254 e. The fraction of sp³-hybridized carbons (Fsp3) is 0.417. The van der Waals surface area contributed by atoms with Gasteiger partial charge in [-0.3, -0.25) is 4.79 Å². The number of carbonyl (C=O) groups excluding carboxylic acids is 1. The Labute approximate surface area is 119 Å². The molecule has 0 N–H and O–H groups in total. The monoisotopic (exact) mass is 365 g/mol. The second-order valence-electron chi connectivity index (χ2n) is 3.89. The Kier molecular flexibility index (Phi) is 4.64. The van der Waals surface area contributed by atoms with Gasteiger partial charge in [-0.05, 0) is 40.8 Å². The SMILES string of the molecule is O=C(c1cccc(I)c1)N1CCOCC1CCl. The van der Waals surface area contributed by atoms with Gasteiger partial charge in [-0.1, -0.05) is 6.07 Å². The van der Waals surface area contributed by atoms with E-state index >= 15 is 0 Å². The van der Waals surface area contributed by atoms with Crippen LogP contribution in [0.4, 0.5) is 0 Å². The molecule has 1 saturated heterocycles. The molecule has 0 bridgehead atoms. The van der Waals surface area contributed by atoms with Gasteiger partial charge in [0, 0.05) is 21.6 Å². The molecule has 1 aliphatic rings. The molecule has 0 spiro atoms. The van der Waals surface area contributed by atoms with Crippen molar-refractivity contribution in [3.05, 3.63) is 33.4 Å². The summed E-state index contributed by atoms with van der Waals surface area (Å²) in [6, 6.07) is 7.58. The van der Waals surface area contributed by atoms with Crippen LogP contribution in [0.15, 0.2) is 24.3 Å². The molecular formula is C12H13ClINO2. The number of ether oxygens (including phenoxy) is 1. The molecule has 1 aromatic carbocycles. The van der Waals surface area contributed by atoms with E-state index in [1.807, 2.05) is 29.2 Å². The molecule has 1 fully saturated rings. The van der Waals surface area contributed by atoms with Crippen LogP contribution in [0.2, 0.25) is 0 Å². The highest BCUT2D eigenvalue weighted by atomic mass is 127. The Bertz CT molecular complexity index is 413. The Balaban J connectivity index is 2.18. The molecule has 0 radical (unpaired) electrons. The highest BCUT2D eigenvalue weighted by Crippen LogP contribution is 2.15. The van der Waals surface area contributed by atoms with Crippen LogP contribution in [0.25, 0.3) is 0 Å². The Morgan fingerprint density at radius 1 is 1.59 bits per heavy atom. The molecule has 0 saturated carbocycles. The standard InChI is InChI=1S/C12H13ClINO2/c13-7-11-8-17-5-4-15(11)12(16)9-2-1-3-10(14)6-9/h1-3,6,11H,4-5,7-8H2. The first-order valence-electron chi connectivity index (χ1n) is 5.42. The maximum atomic E-state index is 12.3. The van der Waals surface area contributed by atoms with E-state index in [0.717, 1.165) is 3.57 Å². The van der Waals surface area contributed by atoms with Crippen molar-refractivity contribution in [2.45, 2.75) is 6.04 Å². The Hall–Kier alpha value is -0.330. The van der Waals surface area contributed by atoms with Crippen LogP contribution < -0.4 is 0 Å². The number of carbonyl (C=O) groups is 1. The van der Waals surface area contributed by atoms with Crippen LogP contribution in [-0.4, -0.2) is 42.5 Å². The van der Waals surface area contributed by atoms with E-state index in [9.17, 15) is 4.79 Å². The van der Waals surface area contributed by atoms with Gasteiger partial charge in [-0.15, -0.1) is 11.6 Å². The Morgan fingerprint density at radius 2 is 2.41 bits per heavy atom. The van der Waals surface area contributed by atoms with E-state index in [1.165, 1.54) is 0 Å². The molecule has 1 atom stereocenters. The fourth-order valence-corrected chi connectivity index (χ4v) is 2.64. The largest absolute Gasteiger partial charge is 0.377 e. The van der Waals surface area contributed by atoms with Crippen LogP contribution in [-0.2, 0) is 4.74 Å². The molecule has 2 rings (SSSR count). The minimum absolute atomic E-state index is 0.0178. The maximum absolute atomic E-state index is 12.3. The number of hydrogen-bond acceptors (Lipinski definition) is 2. The summed E-state index contributed by atoms with van der Waals surface area (Å²) in [6.45, 7) is 1.73. The lowest BCUT2D eigenvalue weighted by atomic mass is 10.1. The summed E-state index contributed by atoms with van der Waals surface area (Å²) in [4.78, 5) is 14.1. The van der Waals surface area contributed by atoms with Crippen molar-refractivity contribution in [1.82, 2.24) is 4.90 Å². The molecule has 17 heavy (non-hydrogen) atoms. The van der Waals surface area contributed by atoms with E-state index in [-0.39, 0.29) is 11.9 Å². The predicted molar refractivity (Wildman–Crippen MR) is 75.5 cm³/mol. The summed E-state index contributed by atoms with van der Waals surface area (Å²) in [6.07, 6.45) is 0. The third-order valence-corrected chi connectivity index (χ3v) is 3.77. The van der Waals surface area contributed by atoms with Crippen LogP contribution in [0.5, 0.6) is 0 Å². The lowest BCUT2D eigenvalue weighted by molar-refractivity contribution is 0.00456. The van der Waals surface area contributed by atoms with Crippen molar-refractivity contribution in [3.8, 4) is 0 Å². The van der Waals surface area contributed by atoms with E-state index in [2.05, 4.69) is 22.6 Å². The average Bonchev–Trinajstić information content (AvgIpc) is 2.38. The molecule has 1 heterocycles. The van der Waals surface area contributed by atoms with Crippen molar-refractivity contribution < 1.29 is 9.53 Å². The summed E-state index contributed by atoms with van der Waals surface area (Å²) in [5, 5.41) is 0. The lowest BCUT2D eigenvalue weighted by Crippen LogP contribution is -2.49. The molecule has 0 aromatic heterocycles. The van der Waals surface area contributed by atoms with Gasteiger partial charge in [0.1, 0.15) is 0 Å². The van der Waals surface area contributed by atoms with E-state index in [4.69, 9.17) is 16.3 Å². The molecule has 1 aliphatic heterocycles. The second kappa shape index (κ2) is 6.02. The summed E-state index contributed by atoms with van der Waals surface area (Å²) in [7, 11) is 0. The summed E-state index contributed by atoms with van der Waals surface area (Å²) in [5.74, 6) is 0.452. The average molecular weight is 366 g/mol. The van der Waals surface area contributed by atoms with Gasteiger partial charge in [-0.2, -0.15) is 0 Å². The molecule has 1 unspecified atom stereocenters. The highest BCUT2D eigenvalue weighted by Gasteiger charge is 2.27. The molecule has 1 aromatic rings. The molecule has 1 amide bonds. The van der Waals surface area contributed by atoms with E-state index < -0.39 is 0 Å². The van der Waals surface area contributed by atoms with Gasteiger partial charge >= 0.3 is 0 Å². The number of halogens is 2. The highest BCUT2D eigenvalue weighted by molar-refractivity contribution is 14.1. The number of benzene rings is 1. The minimum atomic E-state index is -0.0178. The van der Waals surface area contributed by atoms with Gasteiger partial charge < -0.3 is 9.64 Å². The quantitative estimate of drug-likeness (QED) is 0.595. The molecule has 3 nitrogen and oxygen atoms in total. The molecule has 92 valence electrons. The lowest BCUT2D eigenvalue weighted by Gasteiger charge is -2.34. The number of alkyl halides is 1. The summed E-state index contributed by atoms with van der Waals surface area (Å²) < 4.78 is 6.39. The molecule has 0 aliphatic carbocycles. The second-order valence-corrected chi connectivity index (χ2v) is 5.45. The first-order chi connectivity index (χ1) is 8.22. The van der Waals surface area contributed by atoms with Crippen LogP contribution in [0, 0.1) is 3.57 Å². The van der Waals surface area contributed by atoms with Crippen LogP contribution in [0.3, 0.4) is 0 Å². The fourth-order valence-electron chi connectivity index (χ4n) is 1.84. The van der Waals surface area contributed by atoms with Crippen LogP contribution >= 0.6 is 34.2 Å². The van der Waals surface area contributed by atoms with Crippen molar-refractivity contribution >= 4 is 40.1 Å². The molecular weight excluding hydrogens is 352 g/mol. The molecule has 5 heteroatoms. The normalized spacial score (nSPS) is 20.4. The topological polar surface area (TPSA) is 29.5 Å². The van der Waals surface area contributed by atoms with Crippen molar-refractivity contribution in [1.29, 1.82) is 0 Å². The summed E-state index contributed by atoms with van der Waals surface area (Å²) in [5.41, 5.74) is 0.717. The van der Waals surface area contributed by atoms with Crippen molar-refractivity contribution in [2.24, 2.45) is 0 Å². The van der Waals surface area contributed by atoms with Crippen molar-refractivity contribution in [2.75, 3.05) is 25.6 Å². The summed E-state index contributed by atoms with van der Waals surface area (Å²) >= 11 is 8.07. The zero-order valence-electron chi connectivity index (χ0n) is 9.23. The number of amides is 1. The predicted octanol–water partition coefficient (Wildman–Crippen LogP) is 2.37. The Morgan fingerprint density at radius 3 is 3.12 bits per heavy atom. The third-order valence-electron chi connectivity index (χ3n) is 2.74. The van der Waals surface area contributed by atoms with Gasteiger partial charge in [0.05, 0.1) is 19.3 Å². The van der Waals surface area contributed by atoms with E-state index in [0.29, 0.717) is 31.2 Å². The van der Waals surface area contributed by atoms with Gasteiger partial charge in [-0.25, -0.2) is 0 Å². The third kappa shape index (κ3) is 3.11. The number of hydrogen-bond donors (Lipinski definition) is 0. The van der Waals surface area contributed by atoms with Crippen molar-refractivity contribution in [3.63, 3.8) is 0 Å². The maximum Gasteiger partial charge on any atom is 0.254 e. The van der Waals surface area contributed by atoms with Gasteiger partial charge in [0.25, 0.3) is 5.91 Å². The van der Waals surface area contributed by atoms with E-state index in [1.54, 1.807) is 0 Å². The number of rotatable bonds is 2. The number of morpholine rings is 1. The van der Waals surface area contributed by atoms with Crippen LogP contribution in [0.1, 0.15) is 10.4 Å². The van der Waals surface area contributed by atoms with Gasteiger partial charge in [0.2, 0.25) is 0 Å². The first kappa shape index (κ1) is 13.1. The van der Waals surface area contributed by atoms with Gasteiger partial charge in [0.15, 0.2) is 0 Å². The minimum Gasteiger partial charge on any atom is -0.377 e. The zero-order chi connectivity index (χ0) is 12.3. The zero-order valence-corrected chi connectivity index (χ0v) is 12.1. The number of nitrogens with zero attached hydrogens (tertiary/aromatic N) is 1. The first-order valence-corrected chi connectivity index (χ1v) is 7.04.